The van der Waals surface area contributed by atoms with Crippen molar-refractivity contribution in [2.45, 2.75) is 46.1 Å². The highest BCUT2D eigenvalue weighted by Crippen LogP contribution is 2.27. The van der Waals surface area contributed by atoms with Gasteiger partial charge in [-0.3, -0.25) is 9.10 Å². The van der Waals surface area contributed by atoms with Crippen LogP contribution in [0.15, 0.2) is 42.5 Å². The minimum Gasteiger partial charge on any atom is -0.372 e. The van der Waals surface area contributed by atoms with Gasteiger partial charge in [0.1, 0.15) is 6.04 Å². The van der Waals surface area contributed by atoms with Gasteiger partial charge in [0.15, 0.2) is 0 Å². The van der Waals surface area contributed by atoms with Crippen LogP contribution in [0, 0.1) is 13.8 Å². The fraction of sp³-hybridized carbons (Fsp3) is 0.435. The van der Waals surface area contributed by atoms with Gasteiger partial charge in [-0.05, 0) is 81.5 Å². The molecule has 1 aliphatic heterocycles. The summed E-state index contributed by atoms with van der Waals surface area (Å²) in [5.74, 6) is -0.368. The Morgan fingerprint density at radius 2 is 1.67 bits per heavy atom. The predicted octanol–water partition coefficient (Wildman–Crippen LogP) is 4.09. The van der Waals surface area contributed by atoms with E-state index >= 15 is 0 Å². The molecule has 1 N–H and O–H groups in total. The van der Waals surface area contributed by atoms with E-state index in [4.69, 9.17) is 0 Å². The molecule has 30 heavy (non-hydrogen) atoms. The van der Waals surface area contributed by atoms with Crippen molar-refractivity contribution in [2.24, 2.45) is 0 Å². The maximum Gasteiger partial charge on any atom is 0.247 e. The SMILES string of the molecule is Cc1ccc(C)c(N(C(C)C(=O)Nc2ccc(N3CCCCC3)cc2)S(C)(=O)=O)c1. The van der Waals surface area contributed by atoms with Crippen LogP contribution in [0.2, 0.25) is 0 Å². The van der Waals surface area contributed by atoms with Crippen LogP contribution in [0.4, 0.5) is 17.1 Å². The van der Waals surface area contributed by atoms with Crippen LogP contribution in [0.1, 0.15) is 37.3 Å². The van der Waals surface area contributed by atoms with Crippen molar-refractivity contribution < 1.29 is 13.2 Å². The van der Waals surface area contributed by atoms with E-state index in [1.807, 2.05) is 50.2 Å². The van der Waals surface area contributed by atoms with Crippen LogP contribution in [0.25, 0.3) is 0 Å². The lowest BCUT2D eigenvalue weighted by atomic mass is 10.1. The predicted molar refractivity (Wildman–Crippen MR) is 124 cm³/mol. The second kappa shape index (κ2) is 9.08. The lowest BCUT2D eigenvalue weighted by molar-refractivity contribution is -0.116. The molecule has 2 aromatic rings. The number of aryl methyl sites for hydroxylation is 2. The number of sulfonamides is 1. The Bertz CT molecular complexity index is 997. The Kier molecular flexibility index (Phi) is 6.71. The van der Waals surface area contributed by atoms with E-state index in [0.717, 1.165) is 36.2 Å². The van der Waals surface area contributed by atoms with Gasteiger partial charge in [0.2, 0.25) is 15.9 Å². The van der Waals surface area contributed by atoms with Gasteiger partial charge in [-0.1, -0.05) is 12.1 Å². The summed E-state index contributed by atoms with van der Waals surface area (Å²) >= 11 is 0. The number of amides is 1. The maximum atomic E-state index is 12.9. The van der Waals surface area contributed by atoms with E-state index in [-0.39, 0.29) is 5.91 Å². The second-order valence-corrected chi connectivity index (χ2v) is 9.97. The lowest BCUT2D eigenvalue weighted by Gasteiger charge is -2.30. The van der Waals surface area contributed by atoms with Crippen molar-refractivity contribution in [3.05, 3.63) is 53.6 Å². The topological polar surface area (TPSA) is 69.7 Å². The fourth-order valence-electron chi connectivity index (χ4n) is 3.89. The van der Waals surface area contributed by atoms with Gasteiger partial charge in [0.25, 0.3) is 0 Å². The number of carbonyl (C=O) groups excluding carboxylic acids is 1. The zero-order chi connectivity index (χ0) is 21.9. The first-order valence-corrected chi connectivity index (χ1v) is 12.2. The molecule has 0 bridgehead atoms. The molecule has 0 spiro atoms. The number of nitrogens with one attached hydrogen (secondary N) is 1. The highest BCUT2D eigenvalue weighted by atomic mass is 32.2. The average molecular weight is 430 g/mol. The van der Waals surface area contributed by atoms with Crippen LogP contribution >= 0.6 is 0 Å². The lowest BCUT2D eigenvalue weighted by Crippen LogP contribution is -2.45. The van der Waals surface area contributed by atoms with Gasteiger partial charge >= 0.3 is 0 Å². The molecule has 1 atom stereocenters. The number of hydrogen-bond donors (Lipinski definition) is 1. The molecule has 1 heterocycles. The Balaban J connectivity index is 1.78. The standard InChI is InChI=1S/C23H31N3O3S/c1-17-8-9-18(2)22(16-17)26(30(4,28)29)19(3)23(27)24-20-10-12-21(13-11-20)25-14-6-5-7-15-25/h8-13,16,19H,5-7,14-15H2,1-4H3,(H,24,27). The van der Waals surface area contributed by atoms with Crippen molar-refractivity contribution in [3.63, 3.8) is 0 Å². The molecule has 3 rings (SSSR count). The Hall–Kier alpha value is -2.54. The maximum absolute atomic E-state index is 12.9. The van der Waals surface area contributed by atoms with E-state index in [0.29, 0.717) is 11.4 Å². The number of anilines is 3. The highest BCUT2D eigenvalue weighted by molar-refractivity contribution is 7.92. The van der Waals surface area contributed by atoms with E-state index in [1.54, 1.807) is 13.0 Å². The Morgan fingerprint density at radius 1 is 1.03 bits per heavy atom. The molecule has 1 amide bonds. The Labute approximate surface area is 179 Å². The van der Waals surface area contributed by atoms with Gasteiger partial charge in [-0.25, -0.2) is 8.42 Å². The summed E-state index contributed by atoms with van der Waals surface area (Å²) in [5.41, 5.74) is 4.07. The molecule has 1 aliphatic rings. The molecular weight excluding hydrogens is 398 g/mol. The van der Waals surface area contributed by atoms with Crippen LogP contribution in [0.5, 0.6) is 0 Å². The summed E-state index contributed by atoms with van der Waals surface area (Å²) in [4.78, 5) is 15.3. The molecule has 1 unspecified atom stereocenters. The average Bonchev–Trinajstić information content (AvgIpc) is 2.71. The largest absolute Gasteiger partial charge is 0.372 e. The van der Waals surface area contributed by atoms with Gasteiger partial charge in [-0.2, -0.15) is 0 Å². The molecule has 7 heteroatoms. The van der Waals surface area contributed by atoms with Crippen molar-refractivity contribution in [1.82, 2.24) is 0 Å². The summed E-state index contributed by atoms with van der Waals surface area (Å²) in [7, 11) is -3.65. The fourth-order valence-corrected chi connectivity index (χ4v) is 5.12. The normalized spacial score (nSPS) is 15.5. The van der Waals surface area contributed by atoms with Crippen LogP contribution in [-0.2, 0) is 14.8 Å². The summed E-state index contributed by atoms with van der Waals surface area (Å²) in [6.07, 6.45) is 4.82. The minimum atomic E-state index is -3.65. The molecule has 0 saturated carbocycles. The monoisotopic (exact) mass is 429 g/mol. The summed E-state index contributed by atoms with van der Waals surface area (Å²) < 4.78 is 26.3. The first-order chi connectivity index (χ1) is 14.2. The smallest absolute Gasteiger partial charge is 0.247 e. The Morgan fingerprint density at radius 3 is 2.27 bits per heavy atom. The molecule has 0 radical (unpaired) electrons. The van der Waals surface area contributed by atoms with Gasteiger partial charge < -0.3 is 10.2 Å². The third-order valence-corrected chi connectivity index (χ3v) is 6.77. The van der Waals surface area contributed by atoms with Gasteiger partial charge in [-0.15, -0.1) is 0 Å². The summed E-state index contributed by atoms with van der Waals surface area (Å²) in [6, 6.07) is 12.5. The molecule has 0 aromatic heterocycles. The van der Waals surface area contributed by atoms with Crippen molar-refractivity contribution in [3.8, 4) is 0 Å². The zero-order valence-corrected chi connectivity index (χ0v) is 19.0. The molecule has 1 saturated heterocycles. The summed E-state index contributed by atoms with van der Waals surface area (Å²) in [5, 5.41) is 2.86. The molecule has 162 valence electrons. The highest BCUT2D eigenvalue weighted by Gasteiger charge is 2.30. The summed E-state index contributed by atoms with van der Waals surface area (Å²) in [6.45, 7) is 7.47. The van der Waals surface area contributed by atoms with E-state index in [2.05, 4.69) is 10.2 Å². The van der Waals surface area contributed by atoms with Crippen LogP contribution in [0.3, 0.4) is 0 Å². The van der Waals surface area contributed by atoms with Crippen LogP contribution < -0.4 is 14.5 Å². The molecule has 6 nitrogen and oxygen atoms in total. The van der Waals surface area contributed by atoms with Crippen molar-refractivity contribution >= 4 is 33.0 Å². The van der Waals surface area contributed by atoms with E-state index in [1.165, 1.54) is 23.6 Å². The zero-order valence-electron chi connectivity index (χ0n) is 18.2. The van der Waals surface area contributed by atoms with E-state index in [9.17, 15) is 13.2 Å². The van der Waals surface area contributed by atoms with Crippen LogP contribution in [-0.4, -0.2) is 39.7 Å². The number of carbonyl (C=O) groups is 1. The number of piperidine rings is 1. The molecule has 0 aliphatic carbocycles. The number of benzene rings is 2. The third-order valence-electron chi connectivity index (χ3n) is 5.55. The first-order valence-electron chi connectivity index (χ1n) is 10.4. The van der Waals surface area contributed by atoms with Gasteiger partial charge in [0, 0.05) is 24.5 Å². The minimum absolute atomic E-state index is 0.368. The number of nitrogens with zero attached hydrogens (tertiary/aromatic N) is 2. The van der Waals surface area contributed by atoms with Gasteiger partial charge in [0.05, 0.1) is 11.9 Å². The second-order valence-electron chi connectivity index (χ2n) is 8.11. The molecule has 1 fully saturated rings. The van der Waals surface area contributed by atoms with E-state index < -0.39 is 16.1 Å². The molecule has 2 aromatic carbocycles. The van der Waals surface area contributed by atoms with Crippen molar-refractivity contribution in [2.75, 3.05) is 33.9 Å². The third kappa shape index (κ3) is 5.14. The molecular formula is C23H31N3O3S. The number of hydrogen-bond acceptors (Lipinski definition) is 4. The quantitative estimate of drug-likeness (QED) is 0.751. The number of rotatable bonds is 6. The first kappa shape index (κ1) is 22.2. The van der Waals surface area contributed by atoms with Crippen molar-refractivity contribution in [1.29, 1.82) is 0 Å².